The molecule has 0 aliphatic rings. The van der Waals surface area contributed by atoms with Gasteiger partial charge in [0.15, 0.2) is 0 Å². The molecule has 0 amide bonds. The van der Waals surface area contributed by atoms with E-state index in [1.54, 1.807) is 6.07 Å². The van der Waals surface area contributed by atoms with Crippen LogP contribution >= 0.6 is 0 Å². The molecule has 4 nitrogen and oxygen atoms in total. The van der Waals surface area contributed by atoms with Gasteiger partial charge in [-0.25, -0.2) is 4.79 Å². The fourth-order valence-corrected chi connectivity index (χ4v) is 0.276. The molecule has 0 saturated heterocycles. The van der Waals surface area contributed by atoms with Gasteiger partial charge in [-0.2, -0.15) is 5.26 Å². The van der Waals surface area contributed by atoms with Crippen LogP contribution < -0.4 is 0 Å². The molecule has 0 aliphatic heterocycles. The summed E-state index contributed by atoms with van der Waals surface area (Å²) in [5.41, 5.74) is 0. The van der Waals surface area contributed by atoms with Gasteiger partial charge in [-0.1, -0.05) is 0 Å². The van der Waals surface area contributed by atoms with E-state index in [2.05, 4.69) is 0 Å². The number of carboxylic acid groups (broad SMARTS) is 1. The highest BCUT2D eigenvalue weighted by Gasteiger charge is 2.08. The van der Waals surface area contributed by atoms with Crippen molar-refractivity contribution < 1.29 is 14.7 Å². The van der Waals surface area contributed by atoms with Crippen molar-refractivity contribution in [3.05, 3.63) is 0 Å². The van der Waals surface area contributed by atoms with Gasteiger partial charge in [-0.05, 0) is 0 Å². The average molecular weight is 127 g/mol. The Morgan fingerprint density at radius 3 is 2.44 bits per heavy atom. The van der Waals surface area contributed by atoms with Crippen molar-refractivity contribution >= 4 is 11.8 Å². The fraction of sp³-hybridized carbons (Fsp3) is 0.400. The van der Waals surface area contributed by atoms with Crippen molar-refractivity contribution in [2.75, 3.05) is 0 Å². The van der Waals surface area contributed by atoms with Crippen LogP contribution in [0.1, 0.15) is 12.8 Å². The lowest BCUT2D eigenvalue weighted by atomic mass is 10.2. The summed E-state index contributed by atoms with van der Waals surface area (Å²) >= 11 is 0. The summed E-state index contributed by atoms with van der Waals surface area (Å²) in [5, 5.41) is 15.9. The standard InChI is InChI=1S/C5H5NO3/c6-3-1-2-4(7)5(8)9/h1-2H2,(H,8,9). The maximum atomic E-state index is 10.2. The molecule has 0 unspecified atom stereocenters. The number of carboxylic acids is 1. The molecule has 4 heteroatoms. The van der Waals surface area contributed by atoms with E-state index in [1.165, 1.54) is 0 Å². The summed E-state index contributed by atoms with van der Waals surface area (Å²) in [5.74, 6) is -2.37. The summed E-state index contributed by atoms with van der Waals surface area (Å²) in [4.78, 5) is 19.9. The zero-order valence-corrected chi connectivity index (χ0v) is 4.63. The van der Waals surface area contributed by atoms with Gasteiger partial charge in [-0.15, -0.1) is 0 Å². The molecule has 0 aromatic rings. The molecular formula is C5H5NO3. The summed E-state index contributed by atoms with van der Waals surface area (Å²) in [6.07, 6.45) is -0.211. The van der Waals surface area contributed by atoms with E-state index in [0.717, 1.165) is 0 Å². The Balaban J connectivity index is 3.55. The molecule has 0 aromatic carbocycles. The number of aliphatic carboxylic acids is 1. The molecule has 0 atom stereocenters. The van der Waals surface area contributed by atoms with Crippen LogP contribution in [0.5, 0.6) is 0 Å². The van der Waals surface area contributed by atoms with Gasteiger partial charge in [0, 0.05) is 12.8 Å². The minimum atomic E-state index is -1.47. The number of Topliss-reactive ketones (excluding diaryl/α,β-unsaturated/α-hetero) is 1. The van der Waals surface area contributed by atoms with Crippen LogP contribution in [-0.2, 0) is 9.59 Å². The maximum absolute atomic E-state index is 10.2. The first kappa shape index (κ1) is 7.63. The Labute approximate surface area is 51.7 Å². The van der Waals surface area contributed by atoms with Gasteiger partial charge in [0.2, 0.25) is 5.78 Å². The third-order valence-corrected chi connectivity index (χ3v) is 0.702. The molecule has 0 fully saturated rings. The number of rotatable bonds is 3. The molecule has 0 aromatic heterocycles. The first-order valence-corrected chi connectivity index (χ1v) is 2.31. The van der Waals surface area contributed by atoms with Crippen LogP contribution in [0.4, 0.5) is 0 Å². The fourth-order valence-electron chi connectivity index (χ4n) is 0.276. The monoisotopic (exact) mass is 127 g/mol. The van der Waals surface area contributed by atoms with Crippen molar-refractivity contribution in [3.63, 3.8) is 0 Å². The first-order valence-electron chi connectivity index (χ1n) is 2.31. The molecular weight excluding hydrogens is 122 g/mol. The second-order valence-corrected chi connectivity index (χ2v) is 1.39. The molecule has 0 bridgehead atoms. The molecule has 0 spiro atoms. The minimum Gasteiger partial charge on any atom is -0.476 e. The highest BCUT2D eigenvalue weighted by molar-refractivity contribution is 6.32. The molecule has 0 rings (SSSR count). The number of carbonyl (C=O) groups is 2. The third-order valence-electron chi connectivity index (χ3n) is 0.702. The molecule has 0 aliphatic carbocycles. The van der Waals surface area contributed by atoms with E-state index in [1.807, 2.05) is 0 Å². The molecule has 48 valence electrons. The van der Waals surface area contributed by atoms with Crippen molar-refractivity contribution in [3.8, 4) is 6.07 Å². The number of hydrogen-bond donors (Lipinski definition) is 1. The van der Waals surface area contributed by atoms with Crippen LogP contribution in [0.25, 0.3) is 0 Å². The number of ketones is 1. The predicted molar refractivity (Wildman–Crippen MR) is 27.5 cm³/mol. The van der Waals surface area contributed by atoms with Gasteiger partial charge in [0.05, 0.1) is 6.07 Å². The Bertz CT molecular complexity index is 168. The number of nitriles is 1. The second-order valence-electron chi connectivity index (χ2n) is 1.39. The van der Waals surface area contributed by atoms with Crippen molar-refractivity contribution in [1.82, 2.24) is 0 Å². The zero-order chi connectivity index (χ0) is 7.28. The molecule has 0 radical (unpaired) electrons. The smallest absolute Gasteiger partial charge is 0.372 e. The Kier molecular flexibility index (Phi) is 3.06. The second kappa shape index (κ2) is 3.61. The topological polar surface area (TPSA) is 78.2 Å². The Morgan fingerprint density at radius 2 is 2.11 bits per heavy atom. The predicted octanol–water partition coefficient (Wildman–Crippen LogP) is -0.0561. The van der Waals surface area contributed by atoms with Gasteiger partial charge >= 0.3 is 5.97 Å². The quantitative estimate of drug-likeness (QED) is 0.539. The maximum Gasteiger partial charge on any atom is 0.372 e. The van der Waals surface area contributed by atoms with E-state index in [9.17, 15) is 9.59 Å². The minimum absolute atomic E-state index is 0.0227. The van der Waals surface area contributed by atoms with Gasteiger partial charge in [-0.3, -0.25) is 4.79 Å². The van der Waals surface area contributed by atoms with Gasteiger partial charge < -0.3 is 5.11 Å². The highest BCUT2D eigenvalue weighted by atomic mass is 16.4. The van der Waals surface area contributed by atoms with Gasteiger partial charge in [0.25, 0.3) is 0 Å². The van der Waals surface area contributed by atoms with Crippen LogP contribution in [0, 0.1) is 11.3 Å². The van der Waals surface area contributed by atoms with E-state index in [4.69, 9.17) is 10.4 Å². The van der Waals surface area contributed by atoms with Crippen LogP contribution in [0.2, 0.25) is 0 Å². The number of carbonyl (C=O) groups excluding carboxylic acids is 1. The van der Waals surface area contributed by atoms with E-state index >= 15 is 0 Å². The molecule has 9 heavy (non-hydrogen) atoms. The lowest BCUT2D eigenvalue weighted by Crippen LogP contribution is -2.11. The lowest BCUT2D eigenvalue weighted by Gasteiger charge is -1.84. The normalized spacial score (nSPS) is 7.89. The van der Waals surface area contributed by atoms with E-state index in [-0.39, 0.29) is 12.8 Å². The summed E-state index contributed by atoms with van der Waals surface area (Å²) in [6, 6.07) is 1.67. The first-order chi connectivity index (χ1) is 4.18. The summed E-state index contributed by atoms with van der Waals surface area (Å²) in [7, 11) is 0. The van der Waals surface area contributed by atoms with Crippen LogP contribution in [0.3, 0.4) is 0 Å². The summed E-state index contributed by atoms with van der Waals surface area (Å²) in [6.45, 7) is 0. The largest absolute Gasteiger partial charge is 0.476 e. The Morgan fingerprint density at radius 1 is 1.56 bits per heavy atom. The number of hydrogen-bond acceptors (Lipinski definition) is 3. The van der Waals surface area contributed by atoms with Crippen LogP contribution in [0.15, 0.2) is 0 Å². The average Bonchev–Trinajstić information content (AvgIpc) is 1.82. The van der Waals surface area contributed by atoms with E-state index in [0.29, 0.717) is 0 Å². The van der Waals surface area contributed by atoms with Crippen molar-refractivity contribution in [2.24, 2.45) is 0 Å². The third kappa shape index (κ3) is 3.23. The number of nitrogens with zero attached hydrogens (tertiary/aromatic N) is 1. The molecule has 0 heterocycles. The van der Waals surface area contributed by atoms with Gasteiger partial charge in [0.1, 0.15) is 0 Å². The lowest BCUT2D eigenvalue weighted by molar-refractivity contribution is -0.149. The zero-order valence-electron chi connectivity index (χ0n) is 4.63. The summed E-state index contributed by atoms with van der Waals surface area (Å²) < 4.78 is 0. The highest BCUT2D eigenvalue weighted by Crippen LogP contribution is 1.87. The molecule has 0 saturated carbocycles. The Hall–Kier alpha value is -1.37. The van der Waals surface area contributed by atoms with Crippen molar-refractivity contribution in [2.45, 2.75) is 12.8 Å². The van der Waals surface area contributed by atoms with Crippen molar-refractivity contribution in [1.29, 1.82) is 5.26 Å². The SMILES string of the molecule is N#CCCC(=O)C(=O)O. The van der Waals surface area contributed by atoms with E-state index < -0.39 is 11.8 Å². The van der Waals surface area contributed by atoms with Crippen LogP contribution in [-0.4, -0.2) is 16.9 Å². The molecule has 1 N–H and O–H groups in total.